The first kappa shape index (κ1) is 17.4. The monoisotopic (exact) mass is 421 g/mol. The zero-order valence-electron chi connectivity index (χ0n) is 13.1. The van der Waals surface area contributed by atoms with E-state index in [2.05, 4.69) is 31.4 Å². The Bertz CT molecular complexity index is 914. The van der Waals surface area contributed by atoms with E-state index in [1.54, 1.807) is 49.4 Å². The van der Waals surface area contributed by atoms with E-state index in [9.17, 15) is 4.79 Å². The van der Waals surface area contributed by atoms with E-state index in [0.29, 0.717) is 33.7 Å². The molecule has 8 heteroatoms. The second-order valence-corrected chi connectivity index (χ2v) is 6.42. The van der Waals surface area contributed by atoms with Crippen LogP contribution in [0.4, 0.5) is 5.69 Å². The van der Waals surface area contributed by atoms with Gasteiger partial charge in [0.15, 0.2) is 6.61 Å². The number of amides is 1. The Morgan fingerprint density at radius 1 is 1.32 bits per heavy atom. The summed E-state index contributed by atoms with van der Waals surface area (Å²) in [7, 11) is 0. The van der Waals surface area contributed by atoms with Gasteiger partial charge < -0.3 is 14.6 Å². The molecule has 128 valence electrons. The third kappa shape index (κ3) is 4.37. The number of anilines is 1. The highest BCUT2D eigenvalue weighted by atomic mass is 79.9. The minimum atomic E-state index is -0.330. The lowest BCUT2D eigenvalue weighted by molar-refractivity contribution is 0.102. The predicted octanol–water partition coefficient (Wildman–Crippen LogP) is 4.63. The van der Waals surface area contributed by atoms with Crippen molar-refractivity contribution in [3.8, 4) is 5.75 Å². The van der Waals surface area contributed by atoms with Gasteiger partial charge in [0.2, 0.25) is 11.7 Å². The van der Waals surface area contributed by atoms with Gasteiger partial charge in [-0.05, 0) is 30.3 Å². The van der Waals surface area contributed by atoms with Crippen molar-refractivity contribution >= 4 is 39.1 Å². The number of carbonyl (C=O) groups excluding carboxylic acids is 1. The Morgan fingerprint density at radius 3 is 2.84 bits per heavy atom. The first-order chi connectivity index (χ1) is 12.0. The van der Waals surface area contributed by atoms with E-state index in [1.807, 2.05) is 0 Å². The SMILES string of the molecule is Cc1nc(COc2ccccc2C(=O)Nc2ccc(Br)cc2Cl)no1. The van der Waals surface area contributed by atoms with Gasteiger partial charge in [-0.2, -0.15) is 4.98 Å². The third-order valence-corrected chi connectivity index (χ3v) is 4.04. The largest absolute Gasteiger partial charge is 0.485 e. The smallest absolute Gasteiger partial charge is 0.259 e. The van der Waals surface area contributed by atoms with Gasteiger partial charge in [-0.15, -0.1) is 0 Å². The summed E-state index contributed by atoms with van der Waals surface area (Å²) in [5.74, 6) is 0.943. The number of benzene rings is 2. The highest BCUT2D eigenvalue weighted by Crippen LogP contribution is 2.27. The van der Waals surface area contributed by atoms with Crippen molar-refractivity contribution in [3.05, 3.63) is 69.2 Å². The first-order valence-electron chi connectivity index (χ1n) is 7.30. The van der Waals surface area contributed by atoms with Crippen molar-refractivity contribution in [2.75, 3.05) is 5.32 Å². The maximum Gasteiger partial charge on any atom is 0.259 e. The van der Waals surface area contributed by atoms with Gasteiger partial charge >= 0.3 is 0 Å². The number of hydrogen-bond acceptors (Lipinski definition) is 5. The Labute approximate surface area is 157 Å². The highest BCUT2D eigenvalue weighted by molar-refractivity contribution is 9.10. The maximum absolute atomic E-state index is 12.6. The van der Waals surface area contributed by atoms with Gasteiger partial charge in [0.1, 0.15) is 5.75 Å². The summed E-state index contributed by atoms with van der Waals surface area (Å²) in [6.45, 7) is 1.79. The molecular weight excluding hydrogens is 410 g/mol. The van der Waals surface area contributed by atoms with Crippen molar-refractivity contribution in [3.63, 3.8) is 0 Å². The molecule has 0 aliphatic carbocycles. The summed E-state index contributed by atoms with van der Waals surface area (Å²) < 4.78 is 11.4. The van der Waals surface area contributed by atoms with Crippen LogP contribution in [-0.4, -0.2) is 16.0 Å². The standard InChI is InChI=1S/C17H13BrClN3O3/c1-10-20-16(22-25-10)9-24-15-5-3-2-4-12(15)17(23)21-14-7-6-11(18)8-13(14)19/h2-8H,9H2,1H3,(H,21,23). The zero-order valence-corrected chi connectivity index (χ0v) is 15.5. The molecule has 0 aliphatic heterocycles. The summed E-state index contributed by atoms with van der Waals surface area (Å²) >= 11 is 9.47. The summed E-state index contributed by atoms with van der Waals surface area (Å²) in [6.07, 6.45) is 0. The van der Waals surface area contributed by atoms with Crippen LogP contribution in [0.5, 0.6) is 5.75 Å². The Balaban J connectivity index is 1.76. The Hall–Kier alpha value is -2.38. The summed E-state index contributed by atoms with van der Waals surface area (Å²) in [6, 6.07) is 12.1. The van der Waals surface area contributed by atoms with Gasteiger partial charge in [0.25, 0.3) is 5.91 Å². The maximum atomic E-state index is 12.6. The minimum Gasteiger partial charge on any atom is -0.485 e. The predicted molar refractivity (Wildman–Crippen MR) is 96.9 cm³/mol. The molecule has 2 aromatic carbocycles. The average Bonchev–Trinajstić information content (AvgIpc) is 3.01. The first-order valence-corrected chi connectivity index (χ1v) is 8.47. The van der Waals surface area contributed by atoms with E-state index < -0.39 is 0 Å². The van der Waals surface area contributed by atoms with Crippen molar-refractivity contribution < 1.29 is 14.1 Å². The van der Waals surface area contributed by atoms with Crippen LogP contribution in [0.25, 0.3) is 0 Å². The molecule has 0 saturated carbocycles. The van der Waals surface area contributed by atoms with Gasteiger partial charge in [0, 0.05) is 11.4 Å². The lowest BCUT2D eigenvalue weighted by atomic mass is 10.2. The van der Waals surface area contributed by atoms with Crippen LogP contribution in [0, 0.1) is 6.92 Å². The molecule has 1 aromatic heterocycles. The number of nitrogens with one attached hydrogen (secondary N) is 1. The molecule has 1 heterocycles. The number of para-hydroxylation sites is 1. The fourth-order valence-electron chi connectivity index (χ4n) is 2.10. The molecule has 1 N–H and O–H groups in total. The summed E-state index contributed by atoms with van der Waals surface area (Å²) in [4.78, 5) is 16.6. The highest BCUT2D eigenvalue weighted by Gasteiger charge is 2.15. The van der Waals surface area contributed by atoms with Crippen LogP contribution in [0.1, 0.15) is 22.1 Å². The summed E-state index contributed by atoms with van der Waals surface area (Å²) in [5, 5.41) is 6.97. The van der Waals surface area contributed by atoms with Gasteiger partial charge in [-0.1, -0.05) is 44.8 Å². The molecule has 0 bridgehead atoms. The van der Waals surface area contributed by atoms with Gasteiger partial charge in [-0.3, -0.25) is 4.79 Å². The van der Waals surface area contributed by atoms with E-state index in [4.69, 9.17) is 20.9 Å². The van der Waals surface area contributed by atoms with E-state index >= 15 is 0 Å². The number of aromatic nitrogens is 2. The molecule has 3 aromatic rings. The molecule has 0 aliphatic rings. The van der Waals surface area contributed by atoms with Crippen LogP contribution in [0.15, 0.2) is 51.5 Å². The number of ether oxygens (including phenoxy) is 1. The second kappa shape index (κ2) is 7.67. The van der Waals surface area contributed by atoms with Crippen LogP contribution < -0.4 is 10.1 Å². The molecular formula is C17H13BrClN3O3. The normalized spacial score (nSPS) is 10.5. The number of hydrogen-bond donors (Lipinski definition) is 1. The van der Waals surface area contributed by atoms with E-state index in [0.717, 1.165) is 4.47 Å². The molecule has 25 heavy (non-hydrogen) atoms. The molecule has 6 nitrogen and oxygen atoms in total. The van der Waals surface area contributed by atoms with Crippen LogP contribution in [0.2, 0.25) is 5.02 Å². The number of rotatable bonds is 5. The molecule has 1 amide bonds. The van der Waals surface area contributed by atoms with E-state index in [-0.39, 0.29) is 12.5 Å². The van der Waals surface area contributed by atoms with Crippen molar-refractivity contribution in [1.82, 2.24) is 10.1 Å². The minimum absolute atomic E-state index is 0.0979. The van der Waals surface area contributed by atoms with Crippen LogP contribution in [0.3, 0.4) is 0 Å². The van der Waals surface area contributed by atoms with Crippen LogP contribution in [-0.2, 0) is 6.61 Å². The van der Waals surface area contributed by atoms with Crippen molar-refractivity contribution in [1.29, 1.82) is 0 Å². The average molecular weight is 423 g/mol. The fraction of sp³-hybridized carbons (Fsp3) is 0.118. The Kier molecular flexibility index (Phi) is 5.35. The van der Waals surface area contributed by atoms with Gasteiger partial charge in [0.05, 0.1) is 16.3 Å². The molecule has 0 spiro atoms. The zero-order chi connectivity index (χ0) is 17.8. The number of halogens is 2. The lowest BCUT2D eigenvalue weighted by Gasteiger charge is -2.11. The lowest BCUT2D eigenvalue weighted by Crippen LogP contribution is -2.14. The third-order valence-electron chi connectivity index (χ3n) is 3.24. The topological polar surface area (TPSA) is 77.2 Å². The summed E-state index contributed by atoms with van der Waals surface area (Å²) in [5.41, 5.74) is 0.889. The number of aryl methyl sites for hydroxylation is 1. The fourth-order valence-corrected chi connectivity index (χ4v) is 2.82. The molecule has 3 rings (SSSR count). The molecule has 0 unspecified atom stereocenters. The quantitative estimate of drug-likeness (QED) is 0.649. The second-order valence-electron chi connectivity index (χ2n) is 5.09. The molecule has 0 saturated heterocycles. The van der Waals surface area contributed by atoms with Crippen molar-refractivity contribution in [2.45, 2.75) is 13.5 Å². The molecule has 0 radical (unpaired) electrons. The molecule has 0 fully saturated rings. The van der Waals surface area contributed by atoms with Gasteiger partial charge in [-0.25, -0.2) is 0 Å². The van der Waals surface area contributed by atoms with E-state index in [1.165, 1.54) is 0 Å². The van der Waals surface area contributed by atoms with Crippen LogP contribution >= 0.6 is 27.5 Å². The van der Waals surface area contributed by atoms with Crippen molar-refractivity contribution in [2.24, 2.45) is 0 Å². The Morgan fingerprint density at radius 2 is 2.12 bits per heavy atom. The molecule has 0 atom stereocenters. The number of nitrogens with zero attached hydrogens (tertiary/aromatic N) is 2. The number of carbonyl (C=O) groups is 1.